The number of allylic oxidation sites excluding steroid dienone is 1. The summed E-state index contributed by atoms with van der Waals surface area (Å²) in [6.07, 6.45) is 4.56. The summed E-state index contributed by atoms with van der Waals surface area (Å²) in [6.45, 7) is 0.243. The lowest BCUT2D eigenvalue weighted by Crippen LogP contribution is -2.19. The molecule has 35 heavy (non-hydrogen) atoms. The number of furan rings is 1. The lowest BCUT2D eigenvalue weighted by Gasteiger charge is -2.15. The van der Waals surface area contributed by atoms with Crippen LogP contribution in [0.4, 0.5) is 0 Å². The van der Waals surface area contributed by atoms with Gasteiger partial charge in [0.2, 0.25) is 0 Å². The third kappa shape index (κ3) is 5.24. The molecule has 0 spiro atoms. The van der Waals surface area contributed by atoms with E-state index in [0.717, 1.165) is 22.4 Å². The number of sulfone groups is 1. The molecule has 0 unspecified atom stereocenters. The fourth-order valence-electron chi connectivity index (χ4n) is 4.66. The van der Waals surface area contributed by atoms with Crippen LogP contribution in [0.15, 0.2) is 82.4 Å². The molecule has 0 radical (unpaired) electrons. The van der Waals surface area contributed by atoms with E-state index in [-0.39, 0.29) is 31.7 Å². The number of benzene rings is 1. The Labute approximate surface area is 204 Å². The van der Waals surface area contributed by atoms with E-state index in [9.17, 15) is 13.5 Å². The number of para-hydroxylation sites is 1. The van der Waals surface area contributed by atoms with Gasteiger partial charge in [0, 0.05) is 6.20 Å². The predicted molar refractivity (Wildman–Crippen MR) is 132 cm³/mol. The Morgan fingerprint density at radius 2 is 1.94 bits per heavy atom. The molecule has 0 aliphatic carbocycles. The number of aliphatic hydroxyl groups is 1. The van der Waals surface area contributed by atoms with Crippen molar-refractivity contribution in [3.63, 3.8) is 0 Å². The van der Waals surface area contributed by atoms with Gasteiger partial charge in [-0.25, -0.2) is 8.42 Å². The molecule has 2 atom stereocenters. The Morgan fingerprint density at radius 1 is 1.11 bits per heavy atom. The van der Waals surface area contributed by atoms with Gasteiger partial charge >= 0.3 is 0 Å². The van der Waals surface area contributed by atoms with E-state index in [0.29, 0.717) is 30.1 Å². The lowest BCUT2D eigenvalue weighted by molar-refractivity contribution is 0.118. The van der Waals surface area contributed by atoms with E-state index in [1.807, 2.05) is 60.7 Å². The molecular weight excluding hydrogens is 466 g/mol. The van der Waals surface area contributed by atoms with Crippen LogP contribution in [-0.4, -0.2) is 48.8 Å². The van der Waals surface area contributed by atoms with E-state index in [1.54, 1.807) is 12.3 Å². The number of nitrogens with zero attached hydrogens (tertiary/aromatic N) is 1. The molecule has 182 valence electrons. The van der Waals surface area contributed by atoms with Crippen LogP contribution in [0.2, 0.25) is 0 Å². The van der Waals surface area contributed by atoms with Gasteiger partial charge in [0.05, 0.1) is 24.2 Å². The summed E-state index contributed by atoms with van der Waals surface area (Å²) in [7, 11) is -3.29. The second kappa shape index (κ2) is 10.2. The van der Waals surface area contributed by atoms with Crippen LogP contribution in [-0.2, 0) is 21.2 Å². The van der Waals surface area contributed by atoms with E-state index < -0.39 is 15.1 Å². The van der Waals surface area contributed by atoms with Gasteiger partial charge in [0.15, 0.2) is 9.84 Å². The van der Waals surface area contributed by atoms with Crippen LogP contribution in [0, 0.1) is 0 Å². The Kier molecular flexibility index (Phi) is 6.86. The van der Waals surface area contributed by atoms with E-state index >= 15 is 0 Å². The van der Waals surface area contributed by atoms with Gasteiger partial charge in [-0.3, -0.25) is 4.98 Å². The number of aliphatic hydroxyl groups excluding tert-OH is 1. The third-order valence-corrected chi connectivity index (χ3v) is 8.35. The van der Waals surface area contributed by atoms with Crippen molar-refractivity contribution in [2.24, 2.45) is 0 Å². The molecule has 3 aromatic rings. The Hall–Kier alpha value is -3.20. The van der Waals surface area contributed by atoms with Crippen molar-refractivity contribution >= 4 is 21.5 Å². The number of hydrogen-bond donors (Lipinski definition) is 1. The molecular formula is C27H27NO6S. The topological polar surface area (TPSA) is 98.9 Å². The highest BCUT2D eigenvalue weighted by Gasteiger charge is 2.47. The molecule has 7 nitrogen and oxygen atoms in total. The zero-order chi connectivity index (χ0) is 24.3. The molecule has 1 fully saturated rings. The van der Waals surface area contributed by atoms with Crippen LogP contribution in [0.3, 0.4) is 0 Å². The SMILES string of the molecule is O=S1(=O)CC(COc2ccccc2)=C2[C@@H](CC/C(=C/c3ccc(CO)o3)c3ccccn3)OC[C@@H]21. The van der Waals surface area contributed by atoms with Crippen molar-refractivity contribution in [1.29, 1.82) is 0 Å². The van der Waals surface area contributed by atoms with Crippen molar-refractivity contribution in [3.05, 3.63) is 95.2 Å². The maximum Gasteiger partial charge on any atom is 0.163 e. The van der Waals surface area contributed by atoms with Gasteiger partial charge in [-0.2, -0.15) is 0 Å². The molecule has 0 bridgehead atoms. The van der Waals surface area contributed by atoms with Crippen molar-refractivity contribution in [2.75, 3.05) is 19.0 Å². The summed E-state index contributed by atoms with van der Waals surface area (Å²) >= 11 is 0. The number of fused-ring (bicyclic) bond motifs is 1. The summed E-state index contributed by atoms with van der Waals surface area (Å²) in [5.41, 5.74) is 3.40. The van der Waals surface area contributed by atoms with Gasteiger partial charge in [-0.15, -0.1) is 0 Å². The monoisotopic (exact) mass is 493 g/mol. The standard InChI is InChI=1S/C27H27NO6S/c29-15-23-11-10-22(34-23)14-19(24-8-4-5-13-28-24)9-12-25-27-20(16-32-21-6-2-1-3-7-21)18-35(30,31)26(27)17-33-25/h1-8,10-11,13-14,25-26,29H,9,12,15-18H2/b19-14-/t25-,26+/m1/s1. The van der Waals surface area contributed by atoms with Crippen molar-refractivity contribution in [2.45, 2.75) is 30.8 Å². The molecule has 5 rings (SSSR count). The van der Waals surface area contributed by atoms with Crippen LogP contribution >= 0.6 is 0 Å². The van der Waals surface area contributed by atoms with Crippen molar-refractivity contribution in [1.82, 2.24) is 4.98 Å². The number of pyridine rings is 1. The highest BCUT2D eigenvalue weighted by molar-refractivity contribution is 7.92. The quantitative estimate of drug-likeness (QED) is 0.449. The Morgan fingerprint density at radius 3 is 2.69 bits per heavy atom. The molecule has 2 aromatic heterocycles. The molecule has 1 saturated heterocycles. The summed E-state index contributed by atoms with van der Waals surface area (Å²) in [6, 6.07) is 18.6. The minimum atomic E-state index is -3.29. The minimum absolute atomic E-state index is 0.0129. The second-order valence-corrected chi connectivity index (χ2v) is 10.8. The fraction of sp³-hybridized carbons (Fsp3) is 0.296. The van der Waals surface area contributed by atoms with Crippen molar-refractivity contribution in [3.8, 4) is 5.75 Å². The third-order valence-electron chi connectivity index (χ3n) is 6.34. The summed E-state index contributed by atoms with van der Waals surface area (Å²) < 4.78 is 43.2. The Bertz CT molecular complexity index is 1330. The van der Waals surface area contributed by atoms with Gasteiger partial charge < -0.3 is 19.0 Å². The summed E-state index contributed by atoms with van der Waals surface area (Å²) in [5, 5.41) is 8.72. The number of rotatable bonds is 9. The van der Waals surface area contributed by atoms with Gasteiger partial charge in [0.25, 0.3) is 0 Å². The van der Waals surface area contributed by atoms with Crippen LogP contribution < -0.4 is 4.74 Å². The zero-order valence-electron chi connectivity index (χ0n) is 19.2. The van der Waals surface area contributed by atoms with Crippen molar-refractivity contribution < 1.29 is 27.4 Å². The first kappa shape index (κ1) is 23.5. The maximum absolute atomic E-state index is 12.8. The van der Waals surface area contributed by atoms with Crippen LogP contribution in [0.5, 0.6) is 5.75 Å². The van der Waals surface area contributed by atoms with Gasteiger partial charge in [-0.05, 0) is 72.0 Å². The van der Waals surface area contributed by atoms with Gasteiger partial charge in [0.1, 0.15) is 35.7 Å². The van der Waals surface area contributed by atoms with E-state index in [1.165, 1.54) is 0 Å². The molecule has 8 heteroatoms. The van der Waals surface area contributed by atoms with Crippen LogP contribution in [0.1, 0.15) is 30.1 Å². The molecule has 4 heterocycles. The molecule has 1 aromatic carbocycles. The van der Waals surface area contributed by atoms with Gasteiger partial charge in [-0.1, -0.05) is 24.3 Å². The average Bonchev–Trinajstić information content (AvgIpc) is 3.58. The predicted octanol–water partition coefficient (Wildman–Crippen LogP) is 4.06. The first-order chi connectivity index (χ1) is 17.0. The Balaban J connectivity index is 1.37. The number of aromatic nitrogens is 1. The fourth-order valence-corrected chi connectivity index (χ4v) is 6.59. The molecule has 0 amide bonds. The normalized spacial score (nSPS) is 21.3. The summed E-state index contributed by atoms with van der Waals surface area (Å²) in [4.78, 5) is 4.49. The largest absolute Gasteiger partial charge is 0.489 e. The second-order valence-electron chi connectivity index (χ2n) is 8.66. The molecule has 2 aliphatic rings. The number of ether oxygens (including phenoxy) is 2. The first-order valence-corrected chi connectivity index (χ1v) is 13.3. The smallest absolute Gasteiger partial charge is 0.163 e. The minimum Gasteiger partial charge on any atom is -0.489 e. The lowest BCUT2D eigenvalue weighted by atomic mass is 9.96. The first-order valence-electron chi connectivity index (χ1n) is 11.6. The molecule has 0 saturated carbocycles. The van der Waals surface area contributed by atoms with E-state index in [4.69, 9.17) is 13.9 Å². The summed E-state index contributed by atoms with van der Waals surface area (Å²) in [5.74, 6) is 1.83. The van der Waals surface area contributed by atoms with E-state index in [2.05, 4.69) is 4.98 Å². The maximum atomic E-state index is 12.8. The number of hydrogen-bond acceptors (Lipinski definition) is 7. The van der Waals surface area contributed by atoms with Crippen LogP contribution in [0.25, 0.3) is 11.6 Å². The molecule has 2 aliphatic heterocycles. The average molecular weight is 494 g/mol. The highest BCUT2D eigenvalue weighted by Crippen LogP contribution is 2.39. The highest BCUT2D eigenvalue weighted by atomic mass is 32.2. The molecule has 1 N–H and O–H groups in total. The zero-order valence-corrected chi connectivity index (χ0v) is 20.0.